The van der Waals surface area contributed by atoms with Crippen molar-refractivity contribution in [2.75, 3.05) is 40.4 Å². The zero-order valence-electron chi connectivity index (χ0n) is 15.5. The highest BCUT2D eigenvalue weighted by Gasteiger charge is 2.33. The zero-order valence-corrected chi connectivity index (χ0v) is 15.5. The summed E-state index contributed by atoms with van der Waals surface area (Å²) in [5.41, 5.74) is 1.56. The molecule has 1 heterocycles. The van der Waals surface area contributed by atoms with Gasteiger partial charge in [-0.1, -0.05) is 12.1 Å². The maximum atomic E-state index is 11.6. The predicted octanol–water partition coefficient (Wildman–Crippen LogP) is 1.64. The molecule has 1 saturated heterocycles. The summed E-state index contributed by atoms with van der Waals surface area (Å²) in [6.07, 6.45) is -0.0721. The Kier molecular flexibility index (Phi) is 6.54. The lowest BCUT2D eigenvalue weighted by Gasteiger charge is -2.42. The monoisotopic (exact) mass is 345 g/mol. The molecular formula is C19H27N3O3. The van der Waals surface area contributed by atoms with Crippen LogP contribution in [0.25, 0.3) is 0 Å². The number of morpholine rings is 1. The van der Waals surface area contributed by atoms with Crippen LogP contribution in [-0.4, -0.2) is 67.8 Å². The fourth-order valence-electron chi connectivity index (χ4n) is 2.97. The standard InChI is InChI=1S/C19H27N3O3/c1-19(2)14-22(10-16-7-5-15(9-20)6-8-16)11-17(25-19)12-24-13-18(23)21(3)4/h5-8,17H,10-14H2,1-4H3. The normalized spacial score (nSPS) is 20.0. The molecule has 1 atom stereocenters. The van der Waals surface area contributed by atoms with Gasteiger partial charge in [0.25, 0.3) is 0 Å². The molecule has 2 rings (SSSR count). The van der Waals surface area contributed by atoms with Gasteiger partial charge in [-0.25, -0.2) is 0 Å². The lowest BCUT2D eigenvalue weighted by atomic mass is 10.0. The summed E-state index contributed by atoms with van der Waals surface area (Å²) in [6.45, 7) is 6.97. The van der Waals surface area contributed by atoms with E-state index in [2.05, 4.69) is 24.8 Å². The third-order valence-corrected chi connectivity index (χ3v) is 4.07. The summed E-state index contributed by atoms with van der Waals surface area (Å²) in [6, 6.07) is 9.80. The van der Waals surface area contributed by atoms with Crippen molar-refractivity contribution in [2.24, 2.45) is 0 Å². The van der Waals surface area contributed by atoms with Crippen molar-refractivity contribution in [2.45, 2.75) is 32.1 Å². The average molecular weight is 345 g/mol. The number of rotatable bonds is 6. The summed E-state index contributed by atoms with van der Waals surface area (Å²) < 4.78 is 11.6. The van der Waals surface area contributed by atoms with E-state index in [1.165, 1.54) is 10.5 Å². The number of ether oxygens (including phenoxy) is 2. The SMILES string of the molecule is CN(C)C(=O)COCC1CN(Cc2ccc(C#N)cc2)CC(C)(C)O1. The van der Waals surface area contributed by atoms with Crippen molar-refractivity contribution in [3.63, 3.8) is 0 Å². The molecule has 6 heteroatoms. The van der Waals surface area contributed by atoms with Gasteiger partial charge in [0, 0.05) is 33.7 Å². The molecule has 1 aromatic rings. The highest BCUT2D eigenvalue weighted by atomic mass is 16.5. The van der Waals surface area contributed by atoms with Gasteiger partial charge in [0.1, 0.15) is 6.61 Å². The number of carbonyl (C=O) groups excluding carboxylic acids is 1. The predicted molar refractivity (Wildman–Crippen MR) is 94.9 cm³/mol. The molecule has 0 aliphatic carbocycles. The van der Waals surface area contributed by atoms with Crippen LogP contribution in [0, 0.1) is 11.3 Å². The van der Waals surface area contributed by atoms with Gasteiger partial charge in [-0.2, -0.15) is 5.26 Å². The van der Waals surface area contributed by atoms with Gasteiger partial charge in [-0.15, -0.1) is 0 Å². The number of hydrogen-bond donors (Lipinski definition) is 0. The summed E-state index contributed by atoms with van der Waals surface area (Å²) >= 11 is 0. The van der Waals surface area contributed by atoms with Crippen LogP contribution < -0.4 is 0 Å². The molecule has 0 radical (unpaired) electrons. The number of likely N-dealkylation sites (N-methyl/N-ethyl adjacent to an activating group) is 1. The molecule has 0 aromatic heterocycles. The summed E-state index contributed by atoms with van der Waals surface area (Å²) in [7, 11) is 3.43. The number of nitrogens with zero attached hydrogens (tertiary/aromatic N) is 3. The molecule has 1 aromatic carbocycles. The minimum Gasteiger partial charge on any atom is -0.369 e. The minimum absolute atomic E-state index is 0.0514. The van der Waals surface area contributed by atoms with Crippen LogP contribution in [0.5, 0.6) is 0 Å². The van der Waals surface area contributed by atoms with Gasteiger partial charge in [0.05, 0.1) is 29.9 Å². The van der Waals surface area contributed by atoms with E-state index < -0.39 is 0 Å². The van der Waals surface area contributed by atoms with Crippen molar-refractivity contribution < 1.29 is 14.3 Å². The number of hydrogen-bond acceptors (Lipinski definition) is 5. The molecule has 1 aliphatic heterocycles. The maximum absolute atomic E-state index is 11.6. The van der Waals surface area contributed by atoms with Crippen molar-refractivity contribution in [3.8, 4) is 6.07 Å². The van der Waals surface area contributed by atoms with Crippen LogP contribution in [0.4, 0.5) is 0 Å². The maximum Gasteiger partial charge on any atom is 0.248 e. The van der Waals surface area contributed by atoms with E-state index >= 15 is 0 Å². The van der Waals surface area contributed by atoms with Crippen LogP contribution in [0.2, 0.25) is 0 Å². The molecule has 6 nitrogen and oxygen atoms in total. The second-order valence-electron chi connectivity index (χ2n) is 7.28. The molecule has 1 aliphatic rings. The molecule has 136 valence electrons. The van der Waals surface area contributed by atoms with Crippen molar-refractivity contribution in [1.29, 1.82) is 5.26 Å². The first-order chi connectivity index (χ1) is 11.8. The van der Waals surface area contributed by atoms with Crippen molar-refractivity contribution >= 4 is 5.91 Å². The van der Waals surface area contributed by atoms with Crippen LogP contribution in [0.15, 0.2) is 24.3 Å². The second-order valence-corrected chi connectivity index (χ2v) is 7.28. The van der Waals surface area contributed by atoms with Gasteiger partial charge in [-0.3, -0.25) is 9.69 Å². The number of benzene rings is 1. The summed E-state index contributed by atoms with van der Waals surface area (Å²) in [5, 5.41) is 8.89. The lowest BCUT2D eigenvalue weighted by Crippen LogP contribution is -2.53. The molecule has 1 amide bonds. The van der Waals surface area contributed by atoms with Gasteiger partial charge in [0.2, 0.25) is 5.91 Å². The average Bonchev–Trinajstić information content (AvgIpc) is 2.54. The Morgan fingerprint density at radius 2 is 2.08 bits per heavy atom. The Hall–Kier alpha value is -1.94. The second kappa shape index (κ2) is 8.43. The lowest BCUT2D eigenvalue weighted by molar-refractivity contribution is -0.161. The molecule has 25 heavy (non-hydrogen) atoms. The van der Waals surface area contributed by atoms with Crippen LogP contribution in [0.1, 0.15) is 25.0 Å². The molecule has 1 unspecified atom stereocenters. The summed E-state index contributed by atoms with van der Waals surface area (Å²) in [4.78, 5) is 15.4. The molecule has 0 saturated carbocycles. The van der Waals surface area contributed by atoms with E-state index in [-0.39, 0.29) is 24.2 Å². The Labute approximate surface area is 149 Å². The number of amides is 1. The Morgan fingerprint density at radius 3 is 2.68 bits per heavy atom. The van der Waals surface area contributed by atoms with Crippen molar-refractivity contribution in [3.05, 3.63) is 35.4 Å². The highest BCUT2D eigenvalue weighted by Crippen LogP contribution is 2.23. The Balaban J connectivity index is 1.90. The van der Waals surface area contributed by atoms with E-state index in [0.29, 0.717) is 12.2 Å². The first kappa shape index (κ1) is 19.4. The molecule has 0 spiro atoms. The molecular weight excluding hydrogens is 318 g/mol. The van der Waals surface area contributed by atoms with Crippen molar-refractivity contribution in [1.82, 2.24) is 9.80 Å². The molecule has 1 fully saturated rings. The fourth-order valence-corrected chi connectivity index (χ4v) is 2.97. The van der Waals surface area contributed by atoms with E-state index in [4.69, 9.17) is 14.7 Å². The Bertz CT molecular complexity index is 620. The zero-order chi connectivity index (χ0) is 18.4. The van der Waals surface area contributed by atoms with E-state index in [9.17, 15) is 4.79 Å². The van der Waals surface area contributed by atoms with Crippen LogP contribution in [-0.2, 0) is 20.8 Å². The van der Waals surface area contributed by atoms with Crippen LogP contribution >= 0.6 is 0 Å². The van der Waals surface area contributed by atoms with E-state index in [1.54, 1.807) is 14.1 Å². The third-order valence-electron chi connectivity index (χ3n) is 4.07. The topological polar surface area (TPSA) is 65.8 Å². The molecule has 0 bridgehead atoms. The third kappa shape index (κ3) is 6.13. The number of nitriles is 1. The van der Waals surface area contributed by atoms with Gasteiger partial charge < -0.3 is 14.4 Å². The smallest absolute Gasteiger partial charge is 0.248 e. The largest absolute Gasteiger partial charge is 0.369 e. The van der Waals surface area contributed by atoms with Gasteiger partial charge in [0.15, 0.2) is 0 Å². The van der Waals surface area contributed by atoms with Gasteiger partial charge in [-0.05, 0) is 31.5 Å². The first-order valence-corrected chi connectivity index (χ1v) is 8.46. The molecule has 0 N–H and O–H groups in total. The minimum atomic E-state index is -0.273. The highest BCUT2D eigenvalue weighted by molar-refractivity contribution is 5.76. The van der Waals surface area contributed by atoms with Crippen LogP contribution in [0.3, 0.4) is 0 Å². The first-order valence-electron chi connectivity index (χ1n) is 8.46. The van der Waals surface area contributed by atoms with E-state index in [1.807, 2.05) is 24.3 Å². The van der Waals surface area contributed by atoms with E-state index in [0.717, 1.165) is 19.6 Å². The van der Waals surface area contributed by atoms with Gasteiger partial charge >= 0.3 is 0 Å². The quantitative estimate of drug-likeness (QED) is 0.784. The number of carbonyl (C=O) groups is 1. The Morgan fingerprint density at radius 1 is 1.40 bits per heavy atom. The fraction of sp³-hybridized carbons (Fsp3) is 0.579. The summed E-state index contributed by atoms with van der Waals surface area (Å²) in [5.74, 6) is -0.0514.